The van der Waals surface area contributed by atoms with Crippen LogP contribution in [0.15, 0.2) is 42.7 Å². The van der Waals surface area contributed by atoms with E-state index in [2.05, 4.69) is 17.1 Å². The Morgan fingerprint density at radius 2 is 2.06 bits per heavy atom. The van der Waals surface area contributed by atoms with Gasteiger partial charge in [0.2, 0.25) is 0 Å². The Labute approximate surface area is 107 Å². The summed E-state index contributed by atoms with van der Waals surface area (Å²) in [4.78, 5) is 4.02. The lowest BCUT2D eigenvalue weighted by Crippen LogP contribution is -2.13. The molecule has 0 spiro atoms. The van der Waals surface area contributed by atoms with E-state index < -0.39 is 0 Å². The molecule has 0 saturated carbocycles. The van der Waals surface area contributed by atoms with Crippen molar-refractivity contribution in [2.45, 2.75) is 18.9 Å². The molecule has 1 unspecified atom stereocenters. The van der Waals surface area contributed by atoms with Gasteiger partial charge in [-0.2, -0.15) is 0 Å². The Morgan fingerprint density at radius 1 is 1.22 bits per heavy atom. The van der Waals surface area contributed by atoms with Crippen LogP contribution in [0.5, 0.6) is 5.75 Å². The largest absolute Gasteiger partial charge is 0.493 e. The summed E-state index contributed by atoms with van der Waals surface area (Å²) in [6.07, 6.45) is 5.44. The Morgan fingerprint density at radius 3 is 2.89 bits per heavy atom. The molecule has 3 rings (SSSR count). The SMILES string of the molecule is NC(Cc1ccncc1)c1ccc2c(c1)CCO2. The molecule has 1 aromatic heterocycles. The lowest BCUT2D eigenvalue weighted by Gasteiger charge is -2.13. The summed E-state index contributed by atoms with van der Waals surface area (Å²) in [5.41, 5.74) is 9.93. The fourth-order valence-electron chi connectivity index (χ4n) is 2.33. The minimum atomic E-state index is 0.0262. The summed E-state index contributed by atoms with van der Waals surface area (Å²) in [5, 5.41) is 0. The highest BCUT2D eigenvalue weighted by Gasteiger charge is 2.14. The molecular formula is C15H16N2O. The summed E-state index contributed by atoms with van der Waals surface area (Å²) in [6, 6.07) is 10.3. The van der Waals surface area contributed by atoms with E-state index in [0.29, 0.717) is 0 Å². The van der Waals surface area contributed by atoms with Gasteiger partial charge < -0.3 is 10.5 Å². The fourth-order valence-corrected chi connectivity index (χ4v) is 2.33. The van der Waals surface area contributed by atoms with Crippen LogP contribution in [0.25, 0.3) is 0 Å². The third kappa shape index (κ3) is 2.22. The topological polar surface area (TPSA) is 48.1 Å². The Kier molecular flexibility index (Phi) is 2.99. The van der Waals surface area contributed by atoms with E-state index in [1.807, 2.05) is 18.2 Å². The predicted octanol–water partition coefficient (Wildman–Crippen LogP) is 2.26. The zero-order valence-electron chi connectivity index (χ0n) is 10.2. The molecule has 0 saturated heterocycles. The maximum atomic E-state index is 6.26. The van der Waals surface area contributed by atoms with Gasteiger partial charge in [-0.1, -0.05) is 12.1 Å². The van der Waals surface area contributed by atoms with Gasteiger partial charge >= 0.3 is 0 Å². The van der Waals surface area contributed by atoms with E-state index in [9.17, 15) is 0 Å². The number of rotatable bonds is 3. The van der Waals surface area contributed by atoms with Crippen molar-refractivity contribution in [1.82, 2.24) is 4.98 Å². The predicted molar refractivity (Wildman–Crippen MR) is 70.5 cm³/mol. The highest BCUT2D eigenvalue weighted by atomic mass is 16.5. The average molecular weight is 240 g/mol. The molecule has 0 radical (unpaired) electrons. The van der Waals surface area contributed by atoms with Crippen molar-refractivity contribution in [2.75, 3.05) is 6.61 Å². The molecular weight excluding hydrogens is 224 g/mol. The van der Waals surface area contributed by atoms with Crippen LogP contribution in [0, 0.1) is 0 Å². The molecule has 0 amide bonds. The number of fused-ring (bicyclic) bond motifs is 1. The molecule has 0 aliphatic carbocycles. The van der Waals surface area contributed by atoms with E-state index >= 15 is 0 Å². The molecule has 2 heterocycles. The molecule has 3 nitrogen and oxygen atoms in total. The first-order chi connectivity index (χ1) is 8.83. The van der Waals surface area contributed by atoms with Crippen molar-refractivity contribution < 1.29 is 4.74 Å². The Bertz CT molecular complexity index is 539. The average Bonchev–Trinajstić information content (AvgIpc) is 2.87. The number of nitrogens with two attached hydrogens (primary N) is 1. The maximum absolute atomic E-state index is 6.26. The van der Waals surface area contributed by atoms with Gasteiger partial charge in [-0.3, -0.25) is 4.98 Å². The number of hydrogen-bond donors (Lipinski definition) is 1. The second-order valence-electron chi connectivity index (χ2n) is 4.63. The van der Waals surface area contributed by atoms with Crippen LogP contribution < -0.4 is 10.5 Å². The van der Waals surface area contributed by atoms with Crippen molar-refractivity contribution in [3.63, 3.8) is 0 Å². The molecule has 1 aromatic carbocycles. The van der Waals surface area contributed by atoms with Gasteiger partial charge in [-0.05, 0) is 41.3 Å². The number of nitrogens with zero attached hydrogens (tertiary/aromatic N) is 1. The van der Waals surface area contributed by atoms with Gasteiger partial charge in [0, 0.05) is 24.9 Å². The number of aromatic nitrogens is 1. The molecule has 0 fully saturated rings. The molecule has 3 heteroatoms. The van der Waals surface area contributed by atoms with Crippen molar-refractivity contribution in [1.29, 1.82) is 0 Å². The lowest BCUT2D eigenvalue weighted by atomic mass is 9.98. The highest BCUT2D eigenvalue weighted by molar-refractivity contribution is 5.41. The smallest absolute Gasteiger partial charge is 0.122 e. The van der Waals surface area contributed by atoms with E-state index in [4.69, 9.17) is 10.5 Å². The highest BCUT2D eigenvalue weighted by Crippen LogP contribution is 2.28. The molecule has 2 N–H and O–H groups in total. The van der Waals surface area contributed by atoms with Gasteiger partial charge in [-0.25, -0.2) is 0 Å². The van der Waals surface area contributed by atoms with E-state index in [1.165, 1.54) is 16.7 Å². The van der Waals surface area contributed by atoms with Crippen LogP contribution in [0.1, 0.15) is 22.7 Å². The maximum Gasteiger partial charge on any atom is 0.122 e. The van der Waals surface area contributed by atoms with E-state index in [1.54, 1.807) is 12.4 Å². The van der Waals surface area contributed by atoms with E-state index in [-0.39, 0.29) is 6.04 Å². The second kappa shape index (κ2) is 4.78. The minimum Gasteiger partial charge on any atom is -0.493 e. The summed E-state index contributed by atoms with van der Waals surface area (Å²) < 4.78 is 5.50. The number of benzene rings is 1. The van der Waals surface area contributed by atoms with Crippen LogP contribution in [0.3, 0.4) is 0 Å². The van der Waals surface area contributed by atoms with Crippen molar-refractivity contribution in [2.24, 2.45) is 5.73 Å². The zero-order chi connectivity index (χ0) is 12.4. The third-order valence-corrected chi connectivity index (χ3v) is 3.35. The normalized spacial score (nSPS) is 14.9. The first-order valence-electron chi connectivity index (χ1n) is 6.23. The molecule has 1 atom stereocenters. The minimum absolute atomic E-state index is 0.0262. The monoisotopic (exact) mass is 240 g/mol. The number of ether oxygens (including phenoxy) is 1. The van der Waals surface area contributed by atoms with Crippen LogP contribution in [-0.2, 0) is 12.8 Å². The van der Waals surface area contributed by atoms with Crippen molar-refractivity contribution >= 4 is 0 Å². The molecule has 18 heavy (non-hydrogen) atoms. The van der Waals surface area contributed by atoms with Crippen LogP contribution >= 0.6 is 0 Å². The summed E-state index contributed by atoms with van der Waals surface area (Å²) >= 11 is 0. The fraction of sp³-hybridized carbons (Fsp3) is 0.267. The summed E-state index contributed by atoms with van der Waals surface area (Å²) in [5.74, 6) is 1.01. The number of pyridine rings is 1. The van der Waals surface area contributed by atoms with Gasteiger partial charge in [0.1, 0.15) is 5.75 Å². The van der Waals surface area contributed by atoms with Gasteiger partial charge in [-0.15, -0.1) is 0 Å². The van der Waals surface area contributed by atoms with Crippen LogP contribution in [-0.4, -0.2) is 11.6 Å². The zero-order valence-corrected chi connectivity index (χ0v) is 10.2. The standard InChI is InChI=1S/C15H16N2O/c16-14(9-11-3-6-17-7-4-11)12-1-2-15-13(10-12)5-8-18-15/h1-4,6-7,10,14H,5,8-9,16H2. The molecule has 1 aliphatic heterocycles. The van der Waals surface area contributed by atoms with Crippen LogP contribution in [0.4, 0.5) is 0 Å². The number of hydrogen-bond acceptors (Lipinski definition) is 3. The van der Waals surface area contributed by atoms with Gasteiger partial charge in [0.15, 0.2) is 0 Å². The Balaban J connectivity index is 1.78. The third-order valence-electron chi connectivity index (χ3n) is 3.35. The van der Waals surface area contributed by atoms with Gasteiger partial charge in [0.05, 0.1) is 6.61 Å². The summed E-state index contributed by atoms with van der Waals surface area (Å²) in [6.45, 7) is 0.790. The first kappa shape index (κ1) is 11.2. The first-order valence-corrected chi connectivity index (χ1v) is 6.23. The van der Waals surface area contributed by atoms with Gasteiger partial charge in [0.25, 0.3) is 0 Å². The second-order valence-corrected chi connectivity index (χ2v) is 4.63. The lowest BCUT2D eigenvalue weighted by molar-refractivity contribution is 0.357. The summed E-state index contributed by atoms with van der Waals surface area (Å²) in [7, 11) is 0. The molecule has 1 aliphatic rings. The molecule has 2 aromatic rings. The Hall–Kier alpha value is -1.87. The van der Waals surface area contributed by atoms with Crippen molar-refractivity contribution in [3.05, 3.63) is 59.4 Å². The van der Waals surface area contributed by atoms with E-state index in [0.717, 1.165) is 25.2 Å². The molecule has 92 valence electrons. The quantitative estimate of drug-likeness (QED) is 0.895. The van der Waals surface area contributed by atoms with Crippen LogP contribution in [0.2, 0.25) is 0 Å². The molecule has 0 bridgehead atoms. The van der Waals surface area contributed by atoms with Crippen molar-refractivity contribution in [3.8, 4) is 5.75 Å².